The lowest BCUT2D eigenvalue weighted by Gasteiger charge is -2.26. The van der Waals surface area contributed by atoms with Crippen molar-refractivity contribution in [1.82, 2.24) is 4.90 Å². The number of carbonyl (C=O) groups excluding carboxylic acids is 2. The van der Waals surface area contributed by atoms with Crippen LogP contribution in [0.15, 0.2) is 42.5 Å². The quantitative estimate of drug-likeness (QED) is 0.634. The molecule has 1 atom stereocenters. The van der Waals surface area contributed by atoms with E-state index in [9.17, 15) is 9.59 Å². The van der Waals surface area contributed by atoms with Crippen LogP contribution in [0, 0.1) is 0 Å². The predicted molar refractivity (Wildman–Crippen MR) is 113 cm³/mol. The number of para-hydroxylation sites is 1. The number of hydrogen-bond acceptors (Lipinski definition) is 6. The van der Waals surface area contributed by atoms with Gasteiger partial charge in [-0.2, -0.15) is 0 Å². The number of fused-ring (bicyclic) bond motifs is 1. The first-order valence-electron chi connectivity index (χ1n) is 10.7. The summed E-state index contributed by atoms with van der Waals surface area (Å²) in [5.74, 6) is 1.32. The van der Waals surface area contributed by atoms with Crippen molar-refractivity contribution in [3.05, 3.63) is 53.6 Å². The average Bonchev–Trinajstić information content (AvgIpc) is 3.31. The summed E-state index contributed by atoms with van der Waals surface area (Å²) in [5, 5.41) is 0. The van der Waals surface area contributed by atoms with Gasteiger partial charge < -0.3 is 23.8 Å². The van der Waals surface area contributed by atoms with Crippen LogP contribution in [0.25, 0.3) is 0 Å². The van der Waals surface area contributed by atoms with Crippen LogP contribution in [0.1, 0.15) is 36.9 Å². The van der Waals surface area contributed by atoms with Gasteiger partial charge in [0.1, 0.15) is 19.0 Å². The molecule has 2 aliphatic rings. The van der Waals surface area contributed by atoms with Gasteiger partial charge in [-0.3, -0.25) is 4.79 Å². The number of ether oxygens (including phenoxy) is 4. The molecular weight excluding hydrogens is 398 g/mol. The Kier molecular flexibility index (Phi) is 6.60. The van der Waals surface area contributed by atoms with Gasteiger partial charge in [0, 0.05) is 6.54 Å². The first-order chi connectivity index (χ1) is 15.2. The van der Waals surface area contributed by atoms with Crippen LogP contribution in [0.5, 0.6) is 17.2 Å². The molecule has 0 aliphatic carbocycles. The minimum Gasteiger partial charge on any atom is -0.486 e. The highest BCUT2D eigenvalue weighted by Gasteiger charge is 2.31. The zero-order valence-electron chi connectivity index (χ0n) is 17.7. The smallest absolute Gasteiger partial charge is 0.344 e. The molecule has 1 saturated heterocycles. The van der Waals surface area contributed by atoms with Crippen molar-refractivity contribution in [2.75, 3.05) is 33.0 Å². The molecule has 0 spiro atoms. The van der Waals surface area contributed by atoms with Gasteiger partial charge in [-0.05, 0) is 48.6 Å². The Labute approximate surface area is 181 Å². The maximum Gasteiger partial charge on any atom is 0.344 e. The highest BCUT2D eigenvalue weighted by atomic mass is 16.6. The van der Waals surface area contributed by atoms with E-state index in [4.69, 9.17) is 18.9 Å². The van der Waals surface area contributed by atoms with Gasteiger partial charge in [0.25, 0.3) is 5.91 Å². The molecule has 164 valence electrons. The van der Waals surface area contributed by atoms with E-state index in [1.165, 1.54) is 0 Å². The second kappa shape index (κ2) is 9.73. The molecule has 7 heteroatoms. The van der Waals surface area contributed by atoms with Crippen LogP contribution in [-0.4, -0.2) is 49.7 Å². The minimum atomic E-state index is -0.561. The third-order valence-electron chi connectivity index (χ3n) is 5.58. The van der Waals surface area contributed by atoms with Gasteiger partial charge in [-0.15, -0.1) is 0 Å². The van der Waals surface area contributed by atoms with Crippen molar-refractivity contribution in [3.8, 4) is 17.2 Å². The van der Waals surface area contributed by atoms with Crippen molar-refractivity contribution in [2.24, 2.45) is 0 Å². The zero-order valence-corrected chi connectivity index (χ0v) is 17.7. The number of carbonyl (C=O) groups is 2. The lowest BCUT2D eigenvalue weighted by atomic mass is 10.0. The number of benzene rings is 2. The van der Waals surface area contributed by atoms with Crippen LogP contribution in [0.4, 0.5) is 0 Å². The van der Waals surface area contributed by atoms with Crippen LogP contribution in [0.3, 0.4) is 0 Å². The fraction of sp³-hybridized carbons (Fsp3) is 0.417. The monoisotopic (exact) mass is 425 g/mol. The molecule has 2 aromatic carbocycles. The van der Waals surface area contributed by atoms with Gasteiger partial charge in [0.15, 0.2) is 24.7 Å². The first-order valence-corrected chi connectivity index (χ1v) is 10.7. The van der Waals surface area contributed by atoms with Gasteiger partial charge in [0.05, 0.1) is 6.04 Å². The largest absolute Gasteiger partial charge is 0.486 e. The van der Waals surface area contributed by atoms with Crippen molar-refractivity contribution in [3.63, 3.8) is 0 Å². The van der Waals surface area contributed by atoms with E-state index in [0.717, 1.165) is 36.1 Å². The Bertz CT molecular complexity index is 943. The van der Waals surface area contributed by atoms with Crippen molar-refractivity contribution in [1.29, 1.82) is 0 Å². The average molecular weight is 425 g/mol. The molecule has 0 radical (unpaired) electrons. The summed E-state index contributed by atoms with van der Waals surface area (Å²) in [7, 11) is 0. The van der Waals surface area contributed by atoms with Crippen LogP contribution in [0.2, 0.25) is 0 Å². The Balaban J connectivity index is 1.31. The fourth-order valence-corrected chi connectivity index (χ4v) is 4.02. The first kappa shape index (κ1) is 21.0. The normalized spacial score (nSPS) is 17.3. The van der Waals surface area contributed by atoms with Gasteiger partial charge in [-0.1, -0.05) is 31.2 Å². The summed E-state index contributed by atoms with van der Waals surface area (Å²) in [6, 6.07) is 13.3. The second-order valence-electron chi connectivity index (χ2n) is 7.56. The minimum absolute atomic E-state index is 0.0605. The van der Waals surface area contributed by atoms with Gasteiger partial charge in [-0.25, -0.2) is 4.79 Å². The number of rotatable bonds is 7. The van der Waals surface area contributed by atoms with Gasteiger partial charge >= 0.3 is 5.97 Å². The number of aryl methyl sites for hydroxylation is 1. The van der Waals surface area contributed by atoms with Crippen molar-refractivity contribution < 1.29 is 28.5 Å². The molecule has 2 aromatic rings. The Morgan fingerprint density at radius 3 is 2.71 bits per heavy atom. The summed E-state index contributed by atoms with van der Waals surface area (Å²) in [6.07, 6.45) is 2.56. The van der Waals surface area contributed by atoms with E-state index >= 15 is 0 Å². The molecule has 1 amide bonds. The number of nitrogens with zero attached hydrogens (tertiary/aromatic N) is 1. The Hall–Kier alpha value is -3.22. The summed E-state index contributed by atoms with van der Waals surface area (Å²) in [5.41, 5.74) is 2.02. The van der Waals surface area contributed by atoms with Crippen molar-refractivity contribution in [2.45, 2.75) is 32.2 Å². The number of esters is 1. The molecular formula is C24H27NO6. The highest BCUT2D eigenvalue weighted by Crippen LogP contribution is 2.38. The number of amides is 1. The predicted octanol–water partition coefficient (Wildman–Crippen LogP) is 3.31. The lowest BCUT2D eigenvalue weighted by molar-refractivity contribution is -0.154. The summed E-state index contributed by atoms with van der Waals surface area (Å²) in [6.45, 7) is 3.20. The maximum atomic E-state index is 12.7. The lowest BCUT2D eigenvalue weighted by Crippen LogP contribution is -2.34. The summed E-state index contributed by atoms with van der Waals surface area (Å²) in [4.78, 5) is 26.6. The summed E-state index contributed by atoms with van der Waals surface area (Å²) >= 11 is 0. The third kappa shape index (κ3) is 4.93. The zero-order chi connectivity index (χ0) is 21.6. The van der Waals surface area contributed by atoms with E-state index in [0.29, 0.717) is 31.3 Å². The third-order valence-corrected chi connectivity index (χ3v) is 5.58. The Morgan fingerprint density at radius 1 is 1.06 bits per heavy atom. The number of hydrogen-bond donors (Lipinski definition) is 0. The maximum absolute atomic E-state index is 12.7. The molecule has 7 nitrogen and oxygen atoms in total. The standard InChI is InChI=1S/C24H27NO6/c1-2-17-6-3-4-8-20(17)30-16-24(27)31-15-23(26)25-11-5-7-19(25)18-9-10-21-22(14-18)29-13-12-28-21/h3-4,6,8-10,14,19H,2,5,7,11-13,15-16H2,1H3. The van der Waals surface area contributed by atoms with Gasteiger partial charge in [0.2, 0.25) is 0 Å². The molecule has 0 aromatic heterocycles. The molecule has 4 rings (SSSR count). The number of likely N-dealkylation sites (tertiary alicyclic amines) is 1. The summed E-state index contributed by atoms with van der Waals surface area (Å²) < 4.78 is 22.0. The van der Waals surface area contributed by atoms with E-state index in [-0.39, 0.29) is 25.2 Å². The molecule has 31 heavy (non-hydrogen) atoms. The van der Waals surface area contributed by atoms with Crippen molar-refractivity contribution >= 4 is 11.9 Å². The van der Waals surface area contributed by atoms with E-state index < -0.39 is 5.97 Å². The second-order valence-corrected chi connectivity index (χ2v) is 7.56. The fourth-order valence-electron chi connectivity index (χ4n) is 4.02. The molecule has 2 heterocycles. The SMILES string of the molecule is CCc1ccccc1OCC(=O)OCC(=O)N1CCCC1c1ccc2c(c1)OCCO2. The van der Waals surface area contributed by atoms with E-state index in [2.05, 4.69) is 0 Å². The Morgan fingerprint density at radius 2 is 1.87 bits per heavy atom. The van der Waals surface area contributed by atoms with E-state index in [1.807, 2.05) is 49.4 Å². The molecule has 1 fully saturated rings. The molecule has 0 bridgehead atoms. The molecule has 0 N–H and O–H groups in total. The van der Waals surface area contributed by atoms with Crippen LogP contribution in [-0.2, 0) is 20.7 Å². The van der Waals surface area contributed by atoms with E-state index in [1.54, 1.807) is 4.90 Å². The topological polar surface area (TPSA) is 74.3 Å². The van der Waals surface area contributed by atoms with Crippen LogP contribution < -0.4 is 14.2 Å². The van der Waals surface area contributed by atoms with Crippen LogP contribution >= 0.6 is 0 Å². The molecule has 1 unspecified atom stereocenters. The molecule has 0 saturated carbocycles. The highest BCUT2D eigenvalue weighted by molar-refractivity contribution is 5.81. The molecule has 2 aliphatic heterocycles.